The molecule has 0 spiro atoms. The van der Waals surface area contributed by atoms with Crippen molar-refractivity contribution < 1.29 is 14.4 Å². The smallest absolute Gasteiger partial charge is 0.255 e. The molecule has 2 amide bonds. The van der Waals surface area contributed by atoms with Crippen molar-refractivity contribution in [3.8, 4) is 0 Å². The monoisotopic (exact) mass is 384 g/mol. The molecule has 1 N–H and O–H groups in total. The molecule has 0 aliphatic carbocycles. The molecule has 1 heterocycles. The molecule has 0 aromatic heterocycles. The van der Waals surface area contributed by atoms with Crippen molar-refractivity contribution in [1.82, 2.24) is 4.90 Å². The van der Waals surface area contributed by atoms with Crippen molar-refractivity contribution in [2.24, 2.45) is 0 Å². The number of Topliss-reactive ketones (excluding diaryl/α,β-unsaturated/α-hetero) is 1. The Morgan fingerprint density at radius 3 is 2.38 bits per heavy atom. The number of amides is 2. The summed E-state index contributed by atoms with van der Waals surface area (Å²) in [5, 5.41) is 2.87. The zero-order valence-electron chi connectivity index (χ0n) is 16.0. The number of nitrogens with one attached hydrogen (secondary N) is 1. The fourth-order valence-electron chi connectivity index (χ4n) is 3.62. The second-order valence-corrected chi connectivity index (χ2v) is 7.03. The van der Waals surface area contributed by atoms with Gasteiger partial charge < -0.3 is 10.2 Å². The van der Waals surface area contributed by atoms with Gasteiger partial charge in [0, 0.05) is 23.4 Å². The van der Waals surface area contributed by atoms with E-state index in [0.29, 0.717) is 23.4 Å². The lowest BCUT2D eigenvalue weighted by Gasteiger charge is -2.27. The van der Waals surface area contributed by atoms with E-state index in [2.05, 4.69) is 5.32 Å². The largest absolute Gasteiger partial charge is 0.324 e. The Balaban J connectivity index is 1.67. The quantitative estimate of drug-likeness (QED) is 0.670. The Bertz CT molecular complexity index is 1090. The summed E-state index contributed by atoms with van der Waals surface area (Å²) >= 11 is 0. The van der Waals surface area contributed by atoms with E-state index in [1.54, 1.807) is 35.2 Å². The number of hydrogen-bond donors (Lipinski definition) is 1. The Hall–Kier alpha value is -3.73. The van der Waals surface area contributed by atoms with E-state index in [9.17, 15) is 14.4 Å². The maximum absolute atomic E-state index is 13.3. The van der Waals surface area contributed by atoms with Gasteiger partial charge in [-0.3, -0.25) is 14.4 Å². The van der Waals surface area contributed by atoms with Crippen molar-refractivity contribution >= 4 is 23.3 Å². The van der Waals surface area contributed by atoms with Crippen LogP contribution < -0.4 is 5.32 Å². The molecule has 3 aromatic rings. The summed E-state index contributed by atoms with van der Waals surface area (Å²) in [6.07, 6.45) is 0. The Labute approximate surface area is 169 Å². The van der Waals surface area contributed by atoms with Gasteiger partial charge in [-0.1, -0.05) is 60.7 Å². The van der Waals surface area contributed by atoms with Crippen LogP contribution in [0.15, 0.2) is 78.9 Å². The molecule has 1 atom stereocenters. The third-order valence-corrected chi connectivity index (χ3v) is 5.06. The van der Waals surface area contributed by atoms with Gasteiger partial charge in [0.25, 0.3) is 11.8 Å². The standard InChI is InChI=1S/C24H20N2O3/c1-16(27)18-11-7-12-20(14-18)25-23(28)22(17-8-3-2-4-9-17)26-15-19-10-5-6-13-21(19)24(26)29/h2-14,22H,15H2,1H3,(H,25,28)/t22-/m1/s1. The topological polar surface area (TPSA) is 66.5 Å². The van der Waals surface area contributed by atoms with Gasteiger partial charge in [0.05, 0.1) is 0 Å². The summed E-state index contributed by atoms with van der Waals surface area (Å²) in [5.74, 6) is -0.564. The predicted molar refractivity (Wildman–Crippen MR) is 111 cm³/mol. The Kier molecular flexibility index (Phi) is 4.96. The highest BCUT2D eigenvalue weighted by Gasteiger charge is 2.37. The average molecular weight is 384 g/mol. The lowest BCUT2D eigenvalue weighted by atomic mass is 10.0. The average Bonchev–Trinajstić information content (AvgIpc) is 3.06. The first-order valence-corrected chi connectivity index (χ1v) is 9.40. The van der Waals surface area contributed by atoms with Crippen LogP contribution in [0.2, 0.25) is 0 Å². The highest BCUT2D eigenvalue weighted by molar-refractivity contribution is 6.04. The summed E-state index contributed by atoms with van der Waals surface area (Å²) in [6.45, 7) is 1.85. The summed E-state index contributed by atoms with van der Waals surface area (Å²) in [5.41, 5.74) is 3.30. The number of anilines is 1. The van der Waals surface area contributed by atoms with Crippen LogP contribution in [0.1, 0.15) is 44.8 Å². The molecule has 0 fully saturated rings. The molecule has 1 aliphatic rings. The molecule has 1 aliphatic heterocycles. The third kappa shape index (κ3) is 3.67. The minimum absolute atomic E-state index is 0.0779. The van der Waals surface area contributed by atoms with Gasteiger partial charge in [-0.2, -0.15) is 0 Å². The number of carbonyl (C=O) groups is 3. The summed E-state index contributed by atoms with van der Waals surface area (Å²) in [6, 6.07) is 22.7. The van der Waals surface area contributed by atoms with Gasteiger partial charge in [0.1, 0.15) is 6.04 Å². The van der Waals surface area contributed by atoms with Crippen molar-refractivity contribution in [3.63, 3.8) is 0 Å². The van der Waals surface area contributed by atoms with E-state index < -0.39 is 6.04 Å². The molecule has 5 heteroatoms. The molecule has 29 heavy (non-hydrogen) atoms. The number of ketones is 1. The van der Waals surface area contributed by atoms with E-state index in [-0.39, 0.29) is 17.6 Å². The first-order valence-electron chi connectivity index (χ1n) is 9.40. The highest BCUT2D eigenvalue weighted by Crippen LogP contribution is 2.32. The third-order valence-electron chi connectivity index (χ3n) is 5.06. The van der Waals surface area contributed by atoms with Crippen molar-refractivity contribution in [2.45, 2.75) is 19.5 Å². The second-order valence-electron chi connectivity index (χ2n) is 7.03. The van der Waals surface area contributed by atoms with Crippen LogP contribution in [0, 0.1) is 0 Å². The molecule has 0 unspecified atom stereocenters. The fourth-order valence-corrected chi connectivity index (χ4v) is 3.62. The SMILES string of the molecule is CC(=O)c1cccc(NC(=O)[C@@H](c2ccccc2)N2Cc3ccccc3C2=O)c1. The van der Waals surface area contributed by atoms with Crippen LogP contribution in [0.3, 0.4) is 0 Å². The first-order chi connectivity index (χ1) is 14.0. The van der Waals surface area contributed by atoms with Crippen LogP contribution in [0.25, 0.3) is 0 Å². The predicted octanol–water partition coefficient (Wildman–Crippen LogP) is 4.23. The summed E-state index contributed by atoms with van der Waals surface area (Å²) < 4.78 is 0. The van der Waals surface area contributed by atoms with E-state index in [0.717, 1.165) is 11.1 Å². The van der Waals surface area contributed by atoms with Crippen LogP contribution in [0.4, 0.5) is 5.69 Å². The molecular weight excluding hydrogens is 364 g/mol. The minimum Gasteiger partial charge on any atom is -0.324 e. The number of nitrogens with zero attached hydrogens (tertiary/aromatic N) is 1. The highest BCUT2D eigenvalue weighted by atomic mass is 16.2. The second kappa shape index (κ2) is 7.72. The number of hydrogen-bond acceptors (Lipinski definition) is 3. The maximum atomic E-state index is 13.3. The van der Waals surface area contributed by atoms with Crippen molar-refractivity contribution in [2.75, 3.05) is 5.32 Å². The normalized spacial score (nSPS) is 13.7. The molecule has 0 saturated carbocycles. The van der Waals surface area contributed by atoms with Gasteiger partial charge in [-0.25, -0.2) is 0 Å². The van der Waals surface area contributed by atoms with Crippen LogP contribution >= 0.6 is 0 Å². The van der Waals surface area contributed by atoms with Crippen molar-refractivity contribution in [3.05, 3.63) is 101 Å². The van der Waals surface area contributed by atoms with E-state index in [1.807, 2.05) is 48.5 Å². The van der Waals surface area contributed by atoms with Crippen LogP contribution in [-0.4, -0.2) is 22.5 Å². The van der Waals surface area contributed by atoms with Gasteiger partial charge in [-0.05, 0) is 36.2 Å². The summed E-state index contributed by atoms with van der Waals surface area (Å²) in [4.78, 5) is 39.5. The van der Waals surface area contributed by atoms with E-state index in [1.165, 1.54) is 6.92 Å². The molecule has 4 rings (SSSR count). The number of benzene rings is 3. The minimum atomic E-state index is -0.780. The van der Waals surface area contributed by atoms with Gasteiger partial charge in [0.2, 0.25) is 0 Å². The number of fused-ring (bicyclic) bond motifs is 1. The molecule has 0 saturated heterocycles. The number of carbonyl (C=O) groups excluding carboxylic acids is 3. The van der Waals surface area contributed by atoms with E-state index >= 15 is 0 Å². The number of rotatable bonds is 5. The molecule has 5 nitrogen and oxygen atoms in total. The van der Waals surface area contributed by atoms with Crippen molar-refractivity contribution in [1.29, 1.82) is 0 Å². The Morgan fingerprint density at radius 1 is 0.931 bits per heavy atom. The van der Waals surface area contributed by atoms with Gasteiger partial charge in [-0.15, -0.1) is 0 Å². The lowest BCUT2D eigenvalue weighted by molar-refractivity contribution is -0.120. The zero-order chi connectivity index (χ0) is 20.4. The fraction of sp³-hybridized carbons (Fsp3) is 0.125. The first kappa shape index (κ1) is 18.6. The maximum Gasteiger partial charge on any atom is 0.255 e. The molecular formula is C24H20N2O3. The summed E-state index contributed by atoms with van der Waals surface area (Å²) in [7, 11) is 0. The van der Waals surface area contributed by atoms with Crippen LogP contribution in [0.5, 0.6) is 0 Å². The lowest BCUT2D eigenvalue weighted by Crippen LogP contribution is -2.37. The molecule has 144 valence electrons. The van der Waals surface area contributed by atoms with E-state index in [4.69, 9.17) is 0 Å². The molecule has 0 radical (unpaired) electrons. The molecule has 3 aromatic carbocycles. The van der Waals surface area contributed by atoms with Gasteiger partial charge in [0.15, 0.2) is 5.78 Å². The zero-order valence-corrected chi connectivity index (χ0v) is 16.0. The van der Waals surface area contributed by atoms with Gasteiger partial charge >= 0.3 is 0 Å². The molecule has 0 bridgehead atoms. The Morgan fingerprint density at radius 2 is 1.66 bits per heavy atom. The van der Waals surface area contributed by atoms with Crippen LogP contribution in [-0.2, 0) is 11.3 Å².